The Balaban J connectivity index is 1.71. The van der Waals surface area contributed by atoms with Crippen LogP contribution in [0.1, 0.15) is 86.0 Å². The van der Waals surface area contributed by atoms with Gasteiger partial charge in [0, 0.05) is 0 Å². The quantitative estimate of drug-likeness (QED) is 0.501. The Labute approximate surface area is 156 Å². The molecule has 0 amide bonds. The second-order valence-electron chi connectivity index (χ2n) is 10.8. The molecule has 0 N–H and O–H groups in total. The van der Waals surface area contributed by atoms with Crippen molar-refractivity contribution in [3.05, 3.63) is 23.8 Å². The van der Waals surface area contributed by atoms with Gasteiger partial charge in [0.15, 0.2) is 0 Å². The van der Waals surface area contributed by atoms with Crippen molar-refractivity contribution in [3.63, 3.8) is 0 Å². The minimum absolute atomic E-state index is 0.484. The van der Waals surface area contributed by atoms with E-state index in [9.17, 15) is 0 Å². The maximum atomic E-state index is 2.66. The molecule has 25 heavy (non-hydrogen) atoms. The lowest BCUT2D eigenvalue weighted by atomic mass is 9.45. The Hall–Kier alpha value is -0.520. The van der Waals surface area contributed by atoms with Gasteiger partial charge in [-0.15, -0.1) is 0 Å². The average Bonchev–Trinajstić information content (AvgIpc) is 2.98. The van der Waals surface area contributed by atoms with Gasteiger partial charge < -0.3 is 0 Å². The van der Waals surface area contributed by atoms with E-state index in [1.54, 1.807) is 5.57 Å². The van der Waals surface area contributed by atoms with Crippen molar-refractivity contribution in [2.45, 2.75) is 86.0 Å². The Morgan fingerprint density at radius 1 is 0.960 bits per heavy atom. The SMILES string of the molecule is CC(C)C(C(C)C)[C@@]12CCC[C@H]1[C@@H]1CC=C3C=CCC[C@]3(C)[C@H]1CC2. The van der Waals surface area contributed by atoms with Crippen molar-refractivity contribution >= 4 is 0 Å². The predicted octanol–water partition coefficient (Wildman–Crippen LogP) is 7.41. The fourth-order valence-corrected chi connectivity index (χ4v) is 8.68. The lowest BCUT2D eigenvalue weighted by molar-refractivity contribution is -0.0816. The highest BCUT2D eigenvalue weighted by Gasteiger charge is 2.59. The van der Waals surface area contributed by atoms with Crippen LogP contribution in [0.4, 0.5) is 0 Å². The molecule has 140 valence electrons. The molecular formula is C25H40. The molecule has 0 radical (unpaired) electrons. The normalized spacial score (nSPS) is 43.2. The van der Waals surface area contributed by atoms with Gasteiger partial charge >= 0.3 is 0 Å². The summed E-state index contributed by atoms with van der Waals surface area (Å²) in [5.74, 6) is 5.51. The topological polar surface area (TPSA) is 0 Å². The van der Waals surface area contributed by atoms with Crippen molar-refractivity contribution in [2.75, 3.05) is 0 Å². The van der Waals surface area contributed by atoms with Gasteiger partial charge in [-0.3, -0.25) is 0 Å². The van der Waals surface area contributed by atoms with E-state index in [4.69, 9.17) is 0 Å². The first kappa shape index (κ1) is 17.9. The zero-order chi connectivity index (χ0) is 17.8. The van der Waals surface area contributed by atoms with Crippen LogP contribution in [0.3, 0.4) is 0 Å². The summed E-state index contributed by atoms with van der Waals surface area (Å²) in [5.41, 5.74) is 2.84. The van der Waals surface area contributed by atoms with Crippen LogP contribution in [0.5, 0.6) is 0 Å². The Morgan fingerprint density at radius 2 is 1.72 bits per heavy atom. The molecule has 0 aliphatic heterocycles. The van der Waals surface area contributed by atoms with E-state index in [2.05, 4.69) is 52.8 Å². The maximum absolute atomic E-state index is 2.66. The molecule has 0 heterocycles. The summed E-state index contributed by atoms with van der Waals surface area (Å²) in [7, 11) is 0. The summed E-state index contributed by atoms with van der Waals surface area (Å²) < 4.78 is 0. The summed E-state index contributed by atoms with van der Waals surface area (Å²) in [6.45, 7) is 12.6. The van der Waals surface area contributed by atoms with Crippen molar-refractivity contribution in [1.29, 1.82) is 0 Å². The molecule has 4 aliphatic rings. The van der Waals surface area contributed by atoms with E-state index in [1.807, 2.05) is 0 Å². The molecule has 5 atom stereocenters. The summed E-state index contributed by atoms with van der Waals surface area (Å²) in [6.07, 6.45) is 19.2. The zero-order valence-corrected chi connectivity index (χ0v) is 17.4. The van der Waals surface area contributed by atoms with Gasteiger partial charge in [0.1, 0.15) is 0 Å². The third-order valence-electron chi connectivity index (χ3n) is 9.17. The van der Waals surface area contributed by atoms with Gasteiger partial charge in [-0.05, 0) is 96.9 Å². The van der Waals surface area contributed by atoms with E-state index >= 15 is 0 Å². The van der Waals surface area contributed by atoms with E-state index in [-0.39, 0.29) is 0 Å². The summed E-state index contributed by atoms with van der Waals surface area (Å²) in [5, 5.41) is 0. The number of rotatable bonds is 3. The zero-order valence-electron chi connectivity index (χ0n) is 17.4. The van der Waals surface area contributed by atoms with Crippen LogP contribution in [0.25, 0.3) is 0 Å². The molecule has 0 heteroatoms. The number of fused-ring (bicyclic) bond motifs is 5. The third kappa shape index (κ3) is 2.53. The van der Waals surface area contributed by atoms with Crippen molar-refractivity contribution in [1.82, 2.24) is 0 Å². The molecule has 4 rings (SSSR count). The van der Waals surface area contributed by atoms with Crippen LogP contribution in [-0.4, -0.2) is 0 Å². The van der Waals surface area contributed by atoms with Crippen molar-refractivity contribution < 1.29 is 0 Å². The van der Waals surface area contributed by atoms with Gasteiger partial charge in [-0.25, -0.2) is 0 Å². The maximum Gasteiger partial charge on any atom is -0.00445 e. The molecule has 0 aromatic rings. The molecule has 0 aromatic carbocycles. The first-order valence-corrected chi connectivity index (χ1v) is 11.3. The fourth-order valence-electron chi connectivity index (χ4n) is 8.68. The molecule has 2 fully saturated rings. The van der Waals surface area contributed by atoms with E-state index < -0.39 is 0 Å². The number of allylic oxidation sites excluding steroid dienone is 4. The molecule has 0 spiro atoms. The second kappa shape index (κ2) is 6.28. The molecule has 0 nitrogen and oxygen atoms in total. The van der Waals surface area contributed by atoms with Crippen LogP contribution < -0.4 is 0 Å². The van der Waals surface area contributed by atoms with Gasteiger partial charge in [0.2, 0.25) is 0 Å². The molecule has 4 aliphatic carbocycles. The molecule has 2 saturated carbocycles. The Morgan fingerprint density at radius 3 is 2.44 bits per heavy atom. The van der Waals surface area contributed by atoms with Crippen molar-refractivity contribution in [3.8, 4) is 0 Å². The Bertz CT molecular complexity index is 557. The molecule has 0 saturated heterocycles. The highest BCUT2D eigenvalue weighted by atomic mass is 14.6. The smallest absolute Gasteiger partial charge is 0.00445 e. The number of hydrogen-bond acceptors (Lipinski definition) is 0. The Kier molecular flexibility index (Phi) is 4.49. The van der Waals surface area contributed by atoms with E-state index in [0.717, 1.165) is 35.5 Å². The minimum atomic E-state index is 0.484. The lowest BCUT2D eigenvalue weighted by Crippen LogP contribution is -2.52. The van der Waals surface area contributed by atoms with Crippen LogP contribution in [0.15, 0.2) is 23.8 Å². The monoisotopic (exact) mass is 340 g/mol. The summed E-state index contributed by atoms with van der Waals surface area (Å²) in [6, 6.07) is 0. The van der Waals surface area contributed by atoms with E-state index in [0.29, 0.717) is 10.8 Å². The second-order valence-corrected chi connectivity index (χ2v) is 10.8. The third-order valence-corrected chi connectivity index (χ3v) is 9.17. The fraction of sp³-hybridized carbons (Fsp3) is 0.840. The standard InChI is InChI=1S/C25H40/c1-17(2)23(18(3)4)25-15-8-10-22(25)20-12-11-19-9-6-7-14-24(19,5)21(20)13-16-25/h6,9,11,17-18,20-23H,7-8,10,12-16H2,1-5H3/t20-,21+,22+,24+,25-/m1/s1. The van der Waals surface area contributed by atoms with E-state index in [1.165, 1.54) is 51.4 Å². The molecule has 0 unspecified atom stereocenters. The van der Waals surface area contributed by atoms with Gasteiger partial charge in [-0.1, -0.05) is 59.3 Å². The van der Waals surface area contributed by atoms with Crippen LogP contribution in [0.2, 0.25) is 0 Å². The number of hydrogen-bond donors (Lipinski definition) is 0. The van der Waals surface area contributed by atoms with Crippen LogP contribution >= 0.6 is 0 Å². The lowest BCUT2D eigenvalue weighted by Gasteiger charge is -2.59. The van der Waals surface area contributed by atoms with Crippen molar-refractivity contribution in [2.24, 2.45) is 46.3 Å². The molecule has 0 bridgehead atoms. The molecule has 0 aromatic heterocycles. The first-order valence-electron chi connectivity index (χ1n) is 11.3. The van der Waals surface area contributed by atoms with Gasteiger partial charge in [-0.2, -0.15) is 0 Å². The highest BCUT2D eigenvalue weighted by Crippen LogP contribution is 2.67. The first-order chi connectivity index (χ1) is 11.9. The predicted molar refractivity (Wildman–Crippen MR) is 108 cm³/mol. The van der Waals surface area contributed by atoms with Crippen LogP contribution in [-0.2, 0) is 0 Å². The molecular weight excluding hydrogens is 300 g/mol. The highest BCUT2D eigenvalue weighted by molar-refractivity contribution is 5.34. The summed E-state index contributed by atoms with van der Waals surface area (Å²) >= 11 is 0. The summed E-state index contributed by atoms with van der Waals surface area (Å²) in [4.78, 5) is 0. The largest absolute Gasteiger partial charge is 0.0842 e. The minimum Gasteiger partial charge on any atom is -0.0842 e. The van der Waals surface area contributed by atoms with Gasteiger partial charge in [0.25, 0.3) is 0 Å². The van der Waals surface area contributed by atoms with Crippen LogP contribution in [0, 0.1) is 46.3 Å². The van der Waals surface area contributed by atoms with Gasteiger partial charge in [0.05, 0.1) is 0 Å². The average molecular weight is 341 g/mol.